The molecule has 36 heavy (non-hydrogen) atoms. The van der Waals surface area contributed by atoms with Crippen LogP contribution in [0.25, 0.3) is 6.08 Å². The Morgan fingerprint density at radius 1 is 1.08 bits per heavy atom. The molecule has 0 N–H and O–H groups in total. The molecule has 0 radical (unpaired) electrons. The highest BCUT2D eigenvalue weighted by Gasteiger charge is 2.56. The predicted octanol–water partition coefficient (Wildman–Crippen LogP) is 7.69. The normalized spacial score (nSPS) is 28.8. The molecule has 4 nitrogen and oxygen atoms in total. The van der Waals surface area contributed by atoms with E-state index in [-0.39, 0.29) is 23.3 Å². The van der Waals surface area contributed by atoms with Crippen molar-refractivity contribution in [1.29, 1.82) is 0 Å². The third kappa shape index (κ3) is 4.48. The number of aryl methyl sites for hydroxylation is 1. The Hall–Kier alpha value is -2.30. The number of ether oxygens (including phenoxy) is 2. The summed E-state index contributed by atoms with van der Waals surface area (Å²) < 4.78 is 11.5. The maximum Gasteiger partial charge on any atom is 0.302 e. The van der Waals surface area contributed by atoms with Crippen LogP contribution in [-0.2, 0) is 16.0 Å². The van der Waals surface area contributed by atoms with Crippen molar-refractivity contribution >= 4 is 41.0 Å². The van der Waals surface area contributed by atoms with E-state index in [1.165, 1.54) is 18.1 Å². The summed E-state index contributed by atoms with van der Waals surface area (Å²) in [5.74, 6) is 2.04. The predicted molar refractivity (Wildman–Crippen MR) is 143 cm³/mol. The van der Waals surface area contributed by atoms with Crippen LogP contribution in [0, 0.1) is 17.3 Å². The zero-order valence-electron chi connectivity index (χ0n) is 21.0. The number of fused-ring (bicyclic) bond motifs is 5. The Morgan fingerprint density at radius 3 is 2.61 bits per heavy atom. The highest BCUT2D eigenvalue weighted by atomic mass is 35.5. The highest BCUT2D eigenvalue weighted by Crippen LogP contribution is 2.61. The molecular weight excluding hydrogens is 495 g/mol. The molecule has 0 spiro atoms. The van der Waals surface area contributed by atoms with Crippen LogP contribution in [0.1, 0.15) is 78.9 Å². The van der Waals surface area contributed by atoms with Crippen molar-refractivity contribution < 1.29 is 19.1 Å². The van der Waals surface area contributed by atoms with Gasteiger partial charge in [-0.1, -0.05) is 30.1 Å². The number of benzene rings is 2. The van der Waals surface area contributed by atoms with Crippen molar-refractivity contribution in [2.24, 2.45) is 17.3 Å². The molecule has 0 bridgehead atoms. The summed E-state index contributed by atoms with van der Waals surface area (Å²) in [6.45, 7) is 3.85. The minimum Gasteiger partial charge on any atom is -0.496 e. The van der Waals surface area contributed by atoms with Gasteiger partial charge in [-0.15, -0.1) is 0 Å². The van der Waals surface area contributed by atoms with Crippen LogP contribution in [0.2, 0.25) is 10.0 Å². The summed E-state index contributed by atoms with van der Waals surface area (Å²) >= 11 is 12.2. The molecule has 0 aliphatic heterocycles. The van der Waals surface area contributed by atoms with E-state index >= 15 is 0 Å². The van der Waals surface area contributed by atoms with Crippen LogP contribution in [-0.4, -0.2) is 25.0 Å². The first-order valence-corrected chi connectivity index (χ1v) is 13.5. The van der Waals surface area contributed by atoms with Crippen molar-refractivity contribution in [3.63, 3.8) is 0 Å². The van der Waals surface area contributed by atoms with Gasteiger partial charge in [-0.2, -0.15) is 0 Å². The topological polar surface area (TPSA) is 52.6 Å². The molecule has 0 saturated heterocycles. The maximum atomic E-state index is 12.8. The van der Waals surface area contributed by atoms with Crippen LogP contribution in [0.15, 0.2) is 36.4 Å². The number of hydrogen-bond acceptors (Lipinski definition) is 4. The van der Waals surface area contributed by atoms with Crippen molar-refractivity contribution in [3.05, 3.63) is 68.7 Å². The Balaban J connectivity index is 1.43. The fourth-order valence-corrected chi connectivity index (χ4v) is 7.72. The van der Waals surface area contributed by atoms with Crippen molar-refractivity contribution in [3.8, 4) is 5.75 Å². The molecule has 5 atom stereocenters. The second-order valence-electron chi connectivity index (χ2n) is 10.8. The second-order valence-corrected chi connectivity index (χ2v) is 11.6. The summed E-state index contributed by atoms with van der Waals surface area (Å²) in [5, 5.41) is 0.836. The van der Waals surface area contributed by atoms with Gasteiger partial charge in [-0.3, -0.25) is 9.59 Å². The number of rotatable bonds is 5. The van der Waals surface area contributed by atoms with Gasteiger partial charge < -0.3 is 9.47 Å². The smallest absolute Gasteiger partial charge is 0.302 e. The average Bonchev–Trinajstić information content (AvgIpc) is 3.17. The summed E-state index contributed by atoms with van der Waals surface area (Å²) in [5.41, 5.74) is 4.10. The SMILES string of the molecule is COc1cc2c(cc1/C=C/C(=O)c1ccc(Cl)cc1Cl)C1CC[C@@]3(C)C(CC[C@@H]3OC(C)=O)C1CC2. The molecule has 3 unspecified atom stereocenters. The van der Waals surface area contributed by atoms with E-state index in [4.69, 9.17) is 32.7 Å². The number of allylic oxidation sites excluding steroid dienone is 1. The second kappa shape index (κ2) is 9.87. The molecule has 2 saturated carbocycles. The van der Waals surface area contributed by atoms with E-state index in [1.54, 1.807) is 31.4 Å². The first kappa shape index (κ1) is 25.4. The number of carbonyl (C=O) groups excluding carboxylic acids is 2. The first-order valence-electron chi connectivity index (χ1n) is 12.8. The van der Waals surface area contributed by atoms with Crippen LogP contribution < -0.4 is 4.74 Å². The number of esters is 1. The number of ketones is 1. The minimum atomic E-state index is -0.176. The van der Waals surface area contributed by atoms with Gasteiger partial charge in [0, 0.05) is 28.5 Å². The van der Waals surface area contributed by atoms with Crippen LogP contribution >= 0.6 is 23.2 Å². The Morgan fingerprint density at radius 2 is 1.89 bits per heavy atom. The van der Waals surface area contributed by atoms with E-state index in [2.05, 4.69) is 19.1 Å². The lowest BCUT2D eigenvalue weighted by Gasteiger charge is -2.50. The van der Waals surface area contributed by atoms with Gasteiger partial charge in [-0.05, 0) is 110 Å². The number of halogens is 2. The molecule has 2 aromatic carbocycles. The average molecular weight is 527 g/mol. The van der Waals surface area contributed by atoms with E-state index < -0.39 is 0 Å². The summed E-state index contributed by atoms with van der Waals surface area (Å²) in [6, 6.07) is 9.26. The summed E-state index contributed by atoms with van der Waals surface area (Å²) in [7, 11) is 1.67. The van der Waals surface area contributed by atoms with E-state index in [9.17, 15) is 9.59 Å². The molecule has 2 aromatic rings. The molecule has 0 amide bonds. The third-order valence-electron chi connectivity index (χ3n) is 8.91. The minimum absolute atomic E-state index is 0.0300. The zero-order chi connectivity index (χ0) is 25.6. The Bertz CT molecular complexity index is 1240. The molecule has 3 aliphatic carbocycles. The molecule has 3 aliphatic rings. The Labute approximate surface area is 223 Å². The number of carbonyl (C=O) groups is 2. The van der Waals surface area contributed by atoms with Gasteiger partial charge in [0.15, 0.2) is 5.78 Å². The van der Waals surface area contributed by atoms with E-state index in [1.807, 2.05) is 6.08 Å². The number of methoxy groups -OCH3 is 1. The van der Waals surface area contributed by atoms with Crippen LogP contribution in [0.5, 0.6) is 5.75 Å². The molecular formula is C30H32Cl2O4. The van der Waals surface area contributed by atoms with Gasteiger partial charge in [0.05, 0.1) is 12.1 Å². The van der Waals surface area contributed by atoms with Gasteiger partial charge in [0.1, 0.15) is 11.9 Å². The van der Waals surface area contributed by atoms with Gasteiger partial charge in [0.25, 0.3) is 0 Å². The fraction of sp³-hybridized carbons (Fsp3) is 0.467. The monoisotopic (exact) mass is 526 g/mol. The first-order chi connectivity index (χ1) is 17.2. The molecule has 0 heterocycles. The zero-order valence-corrected chi connectivity index (χ0v) is 22.5. The lowest BCUT2D eigenvalue weighted by molar-refractivity contribution is -0.154. The van der Waals surface area contributed by atoms with Crippen molar-refractivity contribution in [2.45, 2.75) is 64.4 Å². The molecule has 6 heteroatoms. The molecule has 190 valence electrons. The lowest BCUT2D eigenvalue weighted by Crippen LogP contribution is -2.45. The van der Waals surface area contributed by atoms with Crippen LogP contribution in [0.4, 0.5) is 0 Å². The van der Waals surface area contributed by atoms with Gasteiger partial charge in [0.2, 0.25) is 0 Å². The lowest BCUT2D eigenvalue weighted by atomic mass is 9.55. The third-order valence-corrected chi connectivity index (χ3v) is 9.46. The maximum absolute atomic E-state index is 12.8. The largest absolute Gasteiger partial charge is 0.496 e. The van der Waals surface area contributed by atoms with Crippen LogP contribution in [0.3, 0.4) is 0 Å². The van der Waals surface area contributed by atoms with Gasteiger partial charge in [-0.25, -0.2) is 0 Å². The van der Waals surface area contributed by atoms with E-state index in [0.717, 1.165) is 49.8 Å². The van der Waals surface area contributed by atoms with Crippen molar-refractivity contribution in [1.82, 2.24) is 0 Å². The fourth-order valence-electron chi connectivity index (χ4n) is 7.21. The molecule has 2 fully saturated rings. The molecule has 5 rings (SSSR count). The quantitative estimate of drug-likeness (QED) is 0.227. The van der Waals surface area contributed by atoms with Crippen molar-refractivity contribution in [2.75, 3.05) is 7.11 Å². The molecule has 0 aromatic heterocycles. The Kier molecular flexibility index (Phi) is 6.95. The van der Waals surface area contributed by atoms with E-state index in [0.29, 0.717) is 33.4 Å². The summed E-state index contributed by atoms with van der Waals surface area (Å²) in [6.07, 6.45) is 9.79. The summed E-state index contributed by atoms with van der Waals surface area (Å²) in [4.78, 5) is 24.6. The standard InChI is InChI=1S/C30H32Cl2O4/c1-17(33)36-29-11-9-25-22-7-4-18-15-28(35-3)19(14-24(18)21(22)12-13-30(25,29)2)5-10-27(34)23-8-6-20(31)16-26(23)32/h5-6,8,10,14-16,21-22,25,29H,4,7,9,11-13H2,1-3H3/b10-5+/t21?,22?,25?,29-,30-/m0/s1. The highest BCUT2D eigenvalue weighted by molar-refractivity contribution is 6.37. The number of hydrogen-bond donors (Lipinski definition) is 0. The van der Waals surface area contributed by atoms with Gasteiger partial charge >= 0.3 is 5.97 Å².